The zero-order valence-electron chi connectivity index (χ0n) is 20.1. The number of methoxy groups -OCH3 is 1. The predicted octanol–water partition coefficient (Wildman–Crippen LogP) is 3.83. The van der Waals surface area contributed by atoms with Crippen LogP contribution in [0.25, 0.3) is 11.1 Å². The first-order valence-electron chi connectivity index (χ1n) is 12.5. The molecule has 1 atom stereocenters. The fourth-order valence-electron chi connectivity index (χ4n) is 5.08. The second-order valence-corrected chi connectivity index (χ2v) is 9.65. The summed E-state index contributed by atoms with van der Waals surface area (Å²) in [6, 6.07) is 6.21. The van der Waals surface area contributed by atoms with Gasteiger partial charge < -0.3 is 15.4 Å². The lowest BCUT2D eigenvalue weighted by Crippen LogP contribution is -2.43. The number of nitrogens with zero attached hydrogens (tertiary/aromatic N) is 4. The van der Waals surface area contributed by atoms with E-state index in [0.717, 1.165) is 36.8 Å². The van der Waals surface area contributed by atoms with E-state index < -0.39 is 5.92 Å². The van der Waals surface area contributed by atoms with Crippen LogP contribution < -0.4 is 15.4 Å². The first-order valence-corrected chi connectivity index (χ1v) is 12.5. The number of carbonyl (C=O) groups is 2. The maximum absolute atomic E-state index is 12.8. The standard InChI is InChI=1S/C27H28N6O3/c1-36-25-19(17-14-29-33(15-17)18-5-2-3-6-18)7-4-8-21(25)30-22-13-23(32-26(34)16-9-10-16)31-20-11-12-28-27(35)24(20)22/h4,7-8,11-16,18,24H,2-3,5-6,9-10H2,1H3,(H,28,35)(H,32,34). The van der Waals surface area contributed by atoms with E-state index in [-0.39, 0.29) is 17.7 Å². The molecule has 2 amide bonds. The van der Waals surface area contributed by atoms with Crippen LogP contribution in [-0.2, 0) is 9.59 Å². The number of allylic oxidation sites excluding steroid dienone is 2. The number of fused-ring (bicyclic) bond motifs is 1. The van der Waals surface area contributed by atoms with Crippen LogP contribution in [0.5, 0.6) is 5.75 Å². The number of aromatic nitrogens is 2. The van der Waals surface area contributed by atoms with Crippen LogP contribution >= 0.6 is 0 Å². The van der Waals surface area contributed by atoms with Crippen LogP contribution in [0.1, 0.15) is 44.6 Å². The number of ether oxygens (including phenoxy) is 1. The predicted molar refractivity (Wildman–Crippen MR) is 136 cm³/mol. The molecule has 0 radical (unpaired) electrons. The number of hydrogen-bond acceptors (Lipinski definition) is 6. The Morgan fingerprint density at radius 1 is 1.22 bits per heavy atom. The largest absolute Gasteiger partial charge is 0.494 e. The maximum atomic E-state index is 12.8. The van der Waals surface area contributed by atoms with E-state index in [4.69, 9.17) is 9.73 Å². The summed E-state index contributed by atoms with van der Waals surface area (Å²) in [5, 5.41) is 10.2. The molecular formula is C27H28N6O3. The van der Waals surface area contributed by atoms with Gasteiger partial charge in [-0.05, 0) is 37.8 Å². The van der Waals surface area contributed by atoms with Gasteiger partial charge in [0.05, 0.1) is 30.8 Å². The number of nitrogens with one attached hydrogen (secondary N) is 2. The molecule has 2 N–H and O–H groups in total. The number of aliphatic imine (C=N–C) groups is 2. The zero-order chi connectivity index (χ0) is 24.6. The van der Waals surface area contributed by atoms with Crippen molar-refractivity contribution < 1.29 is 14.3 Å². The molecule has 6 rings (SSSR count). The summed E-state index contributed by atoms with van der Waals surface area (Å²) < 4.78 is 7.88. The van der Waals surface area contributed by atoms with Gasteiger partial charge in [-0.15, -0.1) is 0 Å². The first kappa shape index (κ1) is 22.5. The summed E-state index contributed by atoms with van der Waals surface area (Å²) in [6.45, 7) is 0. The van der Waals surface area contributed by atoms with Crippen LogP contribution in [-0.4, -0.2) is 40.1 Å². The Kier molecular flexibility index (Phi) is 5.75. The van der Waals surface area contributed by atoms with Crippen LogP contribution in [0.3, 0.4) is 0 Å². The van der Waals surface area contributed by atoms with Gasteiger partial charge in [0.2, 0.25) is 11.8 Å². The summed E-state index contributed by atoms with van der Waals surface area (Å²) >= 11 is 0. The molecular weight excluding hydrogens is 456 g/mol. The maximum Gasteiger partial charge on any atom is 0.239 e. The lowest BCUT2D eigenvalue weighted by Gasteiger charge is -2.24. The Hall–Kier alpha value is -4.01. The quantitative estimate of drug-likeness (QED) is 0.649. The van der Waals surface area contributed by atoms with E-state index in [0.29, 0.717) is 34.7 Å². The number of amides is 2. The normalized spacial score (nSPS) is 22.6. The van der Waals surface area contributed by atoms with Crippen molar-refractivity contribution in [1.29, 1.82) is 0 Å². The van der Waals surface area contributed by atoms with Crippen molar-refractivity contribution in [2.24, 2.45) is 21.8 Å². The molecule has 1 aromatic heterocycles. The Balaban J connectivity index is 1.38. The zero-order valence-corrected chi connectivity index (χ0v) is 20.1. The van der Waals surface area contributed by atoms with Crippen molar-refractivity contribution >= 4 is 28.9 Å². The van der Waals surface area contributed by atoms with Gasteiger partial charge >= 0.3 is 0 Å². The molecule has 184 valence electrons. The minimum absolute atomic E-state index is 0.0383. The number of carbonyl (C=O) groups excluding carboxylic acids is 2. The van der Waals surface area contributed by atoms with E-state index in [1.54, 1.807) is 25.5 Å². The molecule has 1 aromatic carbocycles. The molecule has 9 heteroatoms. The highest BCUT2D eigenvalue weighted by atomic mass is 16.5. The molecule has 9 nitrogen and oxygen atoms in total. The molecule has 4 aliphatic rings. The highest BCUT2D eigenvalue weighted by Crippen LogP contribution is 2.40. The van der Waals surface area contributed by atoms with E-state index in [2.05, 4.69) is 31.6 Å². The van der Waals surface area contributed by atoms with Gasteiger partial charge in [-0.1, -0.05) is 25.0 Å². The summed E-state index contributed by atoms with van der Waals surface area (Å²) in [4.78, 5) is 34.5. The SMILES string of the molecule is COc1c(N=C2C=C(NC(=O)C3CC3)N=C3C=CNC(=O)C32)cccc1-c1cnn(C2CCCC2)c1. The average molecular weight is 485 g/mol. The van der Waals surface area contributed by atoms with Crippen LogP contribution in [0.15, 0.2) is 64.8 Å². The fourth-order valence-corrected chi connectivity index (χ4v) is 5.08. The van der Waals surface area contributed by atoms with Gasteiger partial charge in [0, 0.05) is 35.5 Å². The molecule has 2 aliphatic carbocycles. The number of para-hydroxylation sites is 1. The third kappa shape index (κ3) is 4.25. The second kappa shape index (κ2) is 9.22. The topological polar surface area (TPSA) is 110 Å². The van der Waals surface area contributed by atoms with Gasteiger partial charge in [-0.3, -0.25) is 14.3 Å². The molecule has 0 spiro atoms. The van der Waals surface area contributed by atoms with Gasteiger partial charge in [0.15, 0.2) is 5.75 Å². The third-order valence-corrected chi connectivity index (χ3v) is 7.13. The summed E-state index contributed by atoms with van der Waals surface area (Å²) in [7, 11) is 1.62. The Labute approximate surface area is 209 Å². The molecule has 2 saturated carbocycles. The van der Waals surface area contributed by atoms with Crippen molar-refractivity contribution in [2.75, 3.05) is 7.11 Å². The molecule has 2 aliphatic heterocycles. The lowest BCUT2D eigenvalue weighted by molar-refractivity contribution is -0.121. The van der Waals surface area contributed by atoms with Crippen molar-refractivity contribution in [3.05, 3.63) is 54.8 Å². The van der Waals surface area contributed by atoms with E-state index in [1.807, 2.05) is 24.4 Å². The smallest absolute Gasteiger partial charge is 0.239 e. The molecule has 0 saturated heterocycles. The van der Waals surface area contributed by atoms with Gasteiger partial charge in [-0.25, -0.2) is 9.98 Å². The van der Waals surface area contributed by atoms with Crippen LogP contribution in [0, 0.1) is 11.8 Å². The minimum Gasteiger partial charge on any atom is -0.494 e. The molecule has 0 bridgehead atoms. The van der Waals surface area contributed by atoms with Crippen molar-refractivity contribution in [2.45, 2.75) is 44.6 Å². The highest BCUT2D eigenvalue weighted by Gasteiger charge is 2.35. The monoisotopic (exact) mass is 484 g/mol. The number of benzene rings is 1. The van der Waals surface area contributed by atoms with E-state index >= 15 is 0 Å². The lowest BCUT2D eigenvalue weighted by atomic mass is 9.91. The Morgan fingerprint density at radius 2 is 2.06 bits per heavy atom. The number of rotatable bonds is 6. The van der Waals surface area contributed by atoms with Crippen molar-refractivity contribution in [3.8, 4) is 16.9 Å². The van der Waals surface area contributed by atoms with Crippen LogP contribution in [0.2, 0.25) is 0 Å². The third-order valence-electron chi connectivity index (χ3n) is 7.13. The second-order valence-electron chi connectivity index (χ2n) is 9.65. The first-order chi connectivity index (χ1) is 17.6. The van der Waals surface area contributed by atoms with Gasteiger partial charge in [0.1, 0.15) is 17.4 Å². The summed E-state index contributed by atoms with van der Waals surface area (Å²) in [5.41, 5.74) is 3.46. The minimum atomic E-state index is -0.671. The molecule has 36 heavy (non-hydrogen) atoms. The number of hydrogen-bond donors (Lipinski definition) is 2. The van der Waals surface area contributed by atoms with Crippen molar-refractivity contribution in [1.82, 2.24) is 20.4 Å². The molecule has 2 fully saturated rings. The molecule has 2 aromatic rings. The van der Waals surface area contributed by atoms with Gasteiger partial charge in [0.25, 0.3) is 0 Å². The van der Waals surface area contributed by atoms with Crippen LogP contribution in [0.4, 0.5) is 5.69 Å². The Morgan fingerprint density at radius 3 is 2.83 bits per heavy atom. The summed E-state index contributed by atoms with van der Waals surface area (Å²) in [5.74, 6) is 0.0950. The fraction of sp³-hybridized carbons (Fsp3) is 0.370. The average Bonchev–Trinajstić information content (AvgIpc) is 3.36. The molecule has 1 unspecified atom stereocenters. The van der Waals surface area contributed by atoms with Gasteiger partial charge in [-0.2, -0.15) is 5.10 Å². The van der Waals surface area contributed by atoms with Crippen molar-refractivity contribution in [3.63, 3.8) is 0 Å². The molecule has 3 heterocycles. The highest BCUT2D eigenvalue weighted by molar-refractivity contribution is 6.31. The van der Waals surface area contributed by atoms with E-state index in [1.165, 1.54) is 12.8 Å². The Bertz CT molecular complexity index is 1340. The summed E-state index contributed by atoms with van der Waals surface area (Å²) in [6.07, 6.45) is 15.5. The van der Waals surface area contributed by atoms with E-state index in [9.17, 15) is 9.59 Å².